The Bertz CT molecular complexity index is 637. The van der Waals surface area contributed by atoms with Crippen LogP contribution in [0.25, 0.3) is 11.0 Å². The van der Waals surface area contributed by atoms with E-state index >= 15 is 0 Å². The molecule has 4 nitrogen and oxygen atoms in total. The van der Waals surface area contributed by atoms with Crippen LogP contribution in [0.3, 0.4) is 0 Å². The van der Waals surface area contributed by atoms with Gasteiger partial charge in [-0.15, -0.1) is 0 Å². The number of benzene rings is 1. The number of nitrogens with zero attached hydrogens (tertiary/aromatic N) is 2. The van der Waals surface area contributed by atoms with Crippen LogP contribution in [-0.2, 0) is 14.1 Å². The zero-order valence-corrected chi connectivity index (χ0v) is 12.2. The summed E-state index contributed by atoms with van der Waals surface area (Å²) in [5.41, 5.74) is 8.98. The zero-order valence-electron chi connectivity index (χ0n) is 12.2. The minimum atomic E-state index is 0.0204. The molecule has 0 spiro atoms. The Morgan fingerprint density at radius 3 is 2.37 bits per heavy atom. The number of aryl methyl sites for hydroxylation is 2. The zero-order chi connectivity index (χ0) is 14.2. The molecule has 1 atom stereocenters. The van der Waals surface area contributed by atoms with Crippen molar-refractivity contribution in [2.24, 2.45) is 25.7 Å². The van der Waals surface area contributed by atoms with Gasteiger partial charge in [0.1, 0.15) is 0 Å². The standard InChI is InChI=1S/C15H23N3O/c1-10(2)12(7-8-16)11-5-6-13-14(9-11)18(4)15(19)17(13)3/h5-6,9-10,12H,7-8,16H2,1-4H3. The first-order valence-electron chi connectivity index (χ1n) is 6.82. The number of rotatable bonds is 4. The largest absolute Gasteiger partial charge is 0.330 e. The molecule has 0 bridgehead atoms. The molecule has 19 heavy (non-hydrogen) atoms. The van der Waals surface area contributed by atoms with Crippen LogP contribution in [0.4, 0.5) is 0 Å². The van der Waals surface area contributed by atoms with E-state index in [2.05, 4.69) is 26.0 Å². The van der Waals surface area contributed by atoms with Crippen molar-refractivity contribution in [3.63, 3.8) is 0 Å². The van der Waals surface area contributed by atoms with Crippen molar-refractivity contribution >= 4 is 11.0 Å². The van der Waals surface area contributed by atoms with E-state index in [-0.39, 0.29) is 5.69 Å². The van der Waals surface area contributed by atoms with E-state index in [4.69, 9.17) is 5.73 Å². The number of hydrogen-bond donors (Lipinski definition) is 1. The fourth-order valence-corrected chi connectivity index (χ4v) is 2.82. The van der Waals surface area contributed by atoms with Crippen LogP contribution in [0.15, 0.2) is 23.0 Å². The maximum absolute atomic E-state index is 11.9. The summed E-state index contributed by atoms with van der Waals surface area (Å²) in [6.07, 6.45) is 0.976. The summed E-state index contributed by atoms with van der Waals surface area (Å²) >= 11 is 0. The second-order valence-electron chi connectivity index (χ2n) is 5.58. The van der Waals surface area contributed by atoms with Crippen molar-refractivity contribution in [2.75, 3.05) is 6.54 Å². The molecule has 0 aliphatic rings. The number of nitrogens with two attached hydrogens (primary N) is 1. The van der Waals surface area contributed by atoms with E-state index in [1.807, 2.05) is 20.2 Å². The van der Waals surface area contributed by atoms with Gasteiger partial charge in [0.15, 0.2) is 0 Å². The molecule has 4 heteroatoms. The summed E-state index contributed by atoms with van der Waals surface area (Å²) in [5, 5.41) is 0. The lowest BCUT2D eigenvalue weighted by Gasteiger charge is -2.20. The normalized spacial score (nSPS) is 13.4. The monoisotopic (exact) mass is 261 g/mol. The molecule has 0 saturated heterocycles. The van der Waals surface area contributed by atoms with Gasteiger partial charge in [0.25, 0.3) is 0 Å². The van der Waals surface area contributed by atoms with Gasteiger partial charge in [-0.1, -0.05) is 19.9 Å². The Morgan fingerprint density at radius 2 is 1.79 bits per heavy atom. The predicted molar refractivity (Wildman–Crippen MR) is 79.4 cm³/mol. The number of aromatic nitrogens is 2. The smallest absolute Gasteiger partial charge is 0.328 e. The van der Waals surface area contributed by atoms with Gasteiger partial charge in [0.2, 0.25) is 0 Å². The maximum Gasteiger partial charge on any atom is 0.328 e. The summed E-state index contributed by atoms with van der Waals surface area (Å²) in [5.74, 6) is 0.992. The first-order chi connectivity index (χ1) is 8.97. The molecule has 0 amide bonds. The van der Waals surface area contributed by atoms with Crippen LogP contribution in [0.5, 0.6) is 0 Å². The third kappa shape index (κ3) is 2.32. The summed E-state index contributed by atoms with van der Waals surface area (Å²) in [4.78, 5) is 11.9. The van der Waals surface area contributed by atoms with Gasteiger partial charge in [-0.25, -0.2) is 4.79 Å². The molecular weight excluding hydrogens is 238 g/mol. The van der Waals surface area contributed by atoms with Crippen LogP contribution >= 0.6 is 0 Å². The van der Waals surface area contributed by atoms with E-state index in [1.165, 1.54) is 5.56 Å². The second kappa shape index (κ2) is 5.21. The molecule has 2 N–H and O–H groups in total. The molecule has 0 radical (unpaired) electrons. The highest BCUT2D eigenvalue weighted by atomic mass is 16.1. The lowest BCUT2D eigenvalue weighted by Crippen LogP contribution is -2.19. The van der Waals surface area contributed by atoms with Gasteiger partial charge in [0, 0.05) is 14.1 Å². The lowest BCUT2D eigenvalue weighted by atomic mass is 9.85. The van der Waals surface area contributed by atoms with Gasteiger partial charge in [-0.3, -0.25) is 9.13 Å². The van der Waals surface area contributed by atoms with E-state index in [1.54, 1.807) is 9.13 Å². The highest BCUT2D eigenvalue weighted by Gasteiger charge is 2.17. The Morgan fingerprint density at radius 1 is 1.16 bits per heavy atom. The van der Waals surface area contributed by atoms with Crippen molar-refractivity contribution in [1.82, 2.24) is 9.13 Å². The third-order valence-electron chi connectivity index (χ3n) is 4.01. The Hall–Kier alpha value is -1.55. The van der Waals surface area contributed by atoms with Crippen molar-refractivity contribution < 1.29 is 0 Å². The van der Waals surface area contributed by atoms with E-state index in [0.717, 1.165) is 17.5 Å². The molecule has 104 valence electrons. The van der Waals surface area contributed by atoms with Gasteiger partial charge >= 0.3 is 5.69 Å². The Labute approximate surface area is 113 Å². The molecule has 1 aromatic carbocycles. The molecule has 0 aliphatic carbocycles. The van der Waals surface area contributed by atoms with Gasteiger partial charge in [-0.05, 0) is 42.5 Å². The molecule has 1 heterocycles. The van der Waals surface area contributed by atoms with Gasteiger partial charge in [0.05, 0.1) is 11.0 Å². The highest BCUT2D eigenvalue weighted by Crippen LogP contribution is 2.29. The van der Waals surface area contributed by atoms with Gasteiger partial charge in [-0.2, -0.15) is 0 Å². The minimum Gasteiger partial charge on any atom is -0.330 e. The SMILES string of the molecule is CC(C)C(CCN)c1ccc2c(c1)n(C)c(=O)n2C. The lowest BCUT2D eigenvalue weighted by molar-refractivity contribution is 0.473. The summed E-state index contributed by atoms with van der Waals surface area (Å²) in [6.45, 7) is 5.12. The van der Waals surface area contributed by atoms with Crippen molar-refractivity contribution in [3.05, 3.63) is 34.2 Å². The summed E-state index contributed by atoms with van der Waals surface area (Å²) in [6, 6.07) is 6.30. The molecule has 2 rings (SSSR count). The van der Waals surface area contributed by atoms with Crippen LogP contribution in [0.1, 0.15) is 31.7 Å². The van der Waals surface area contributed by atoms with Crippen LogP contribution in [0.2, 0.25) is 0 Å². The first-order valence-corrected chi connectivity index (χ1v) is 6.82. The van der Waals surface area contributed by atoms with Crippen LogP contribution in [-0.4, -0.2) is 15.7 Å². The molecule has 0 fully saturated rings. The van der Waals surface area contributed by atoms with Crippen molar-refractivity contribution in [2.45, 2.75) is 26.2 Å². The average Bonchev–Trinajstić information content (AvgIpc) is 2.60. The molecule has 2 aromatic rings. The highest BCUT2D eigenvalue weighted by molar-refractivity contribution is 5.77. The summed E-state index contributed by atoms with van der Waals surface area (Å²) in [7, 11) is 3.63. The average molecular weight is 261 g/mol. The maximum atomic E-state index is 11.9. The fraction of sp³-hybridized carbons (Fsp3) is 0.533. The topological polar surface area (TPSA) is 52.9 Å². The van der Waals surface area contributed by atoms with Crippen molar-refractivity contribution in [1.29, 1.82) is 0 Å². The molecule has 1 aromatic heterocycles. The molecular formula is C15H23N3O. The number of imidazole rings is 1. The number of fused-ring (bicyclic) bond motifs is 1. The van der Waals surface area contributed by atoms with Gasteiger partial charge < -0.3 is 5.73 Å². The molecule has 0 saturated carbocycles. The molecule has 0 aliphatic heterocycles. The predicted octanol–water partition coefficient (Wildman–Crippen LogP) is 1.97. The second-order valence-corrected chi connectivity index (χ2v) is 5.58. The Balaban J connectivity index is 2.57. The van der Waals surface area contributed by atoms with E-state index in [9.17, 15) is 4.79 Å². The molecule has 1 unspecified atom stereocenters. The Kier molecular flexibility index (Phi) is 3.80. The first kappa shape index (κ1) is 13.9. The number of hydrogen-bond acceptors (Lipinski definition) is 2. The van der Waals surface area contributed by atoms with E-state index in [0.29, 0.717) is 18.4 Å². The van der Waals surface area contributed by atoms with Crippen LogP contribution < -0.4 is 11.4 Å². The van der Waals surface area contributed by atoms with Crippen molar-refractivity contribution in [3.8, 4) is 0 Å². The fourth-order valence-electron chi connectivity index (χ4n) is 2.82. The summed E-state index contributed by atoms with van der Waals surface area (Å²) < 4.78 is 3.39. The minimum absolute atomic E-state index is 0.0204. The van der Waals surface area contributed by atoms with E-state index < -0.39 is 0 Å². The van der Waals surface area contributed by atoms with Crippen LogP contribution in [0, 0.1) is 5.92 Å². The third-order valence-corrected chi connectivity index (χ3v) is 4.01. The quantitative estimate of drug-likeness (QED) is 0.914.